The van der Waals surface area contributed by atoms with Gasteiger partial charge in [0.1, 0.15) is 5.56 Å². The first-order valence-corrected chi connectivity index (χ1v) is 5.43. The van der Waals surface area contributed by atoms with Crippen LogP contribution in [0.4, 0.5) is 26.3 Å². The smallest absolute Gasteiger partial charge is 0.267 e. The van der Waals surface area contributed by atoms with Crippen molar-refractivity contribution in [2.24, 2.45) is 0 Å². The molecule has 0 atom stereocenters. The maximum absolute atomic E-state index is 12.6. The van der Waals surface area contributed by atoms with Crippen LogP contribution < -0.4 is 5.56 Å². The molecule has 2 aromatic rings. The van der Waals surface area contributed by atoms with E-state index < -0.39 is 29.0 Å². The van der Waals surface area contributed by atoms with Crippen LogP contribution in [0, 0.1) is 0 Å². The fraction of sp³-hybridized carbons (Fsp3) is 0.167. The van der Waals surface area contributed by atoms with E-state index in [0.717, 1.165) is 24.3 Å². The second-order valence-corrected chi connectivity index (χ2v) is 4.07. The Morgan fingerprint density at radius 2 is 1.48 bits per heavy atom. The summed E-state index contributed by atoms with van der Waals surface area (Å²) in [5.41, 5.74) is -4.09. The van der Waals surface area contributed by atoms with Gasteiger partial charge in [-0.2, -0.15) is 31.4 Å². The Kier molecular flexibility index (Phi) is 3.52. The van der Waals surface area contributed by atoms with E-state index in [2.05, 4.69) is 5.10 Å². The Bertz CT molecular complexity index is 699. The van der Waals surface area contributed by atoms with E-state index in [0.29, 0.717) is 6.07 Å². The second kappa shape index (κ2) is 4.90. The third-order valence-electron chi connectivity index (χ3n) is 2.62. The van der Waals surface area contributed by atoms with Crippen LogP contribution >= 0.6 is 0 Å². The number of hydrogen-bond acceptors (Lipinski definition) is 2. The topological polar surface area (TPSA) is 45.8 Å². The van der Waals surface area contributed by atoms with E-state index in [1.54, 1.807) is 5.10 Å². The van der Waals surface area contributed by atoms with Crippen LogP contribution in [0.2, 0.25) is 0 Å². The van der Waals surface area contributed by atoms with Crippen molar-refractivity contribution < 1.29 is 26.3 Å². The SMILES string of the molecule is O=c1[nH]nc(-c2ccc(C(F)(F)F)cc2)cc1C(F)(F)F. The number of alkyl halides is 6. The van der Waals surface area contributed by atoms with Crippen molar-refractivity contribution in [2.45, 2.75) is 12.4 Å². The molecule has 0 aliphatic rings. The average molecular weight is 308 g/mol. The fourth-order valence-corrected chi connectivity index (χ4v) is 1.59. The van der Waals surface area contributed by atoms with Crippen LogP contribution in [0.5, 0.6) is 0 Å². The van der Waals surface area contributed by atoms with Gasteiger partial charge >= 0.3 is 12.4 Å². The summed E-state index contributed by atoms with van der Waals surface area (Å²) in [5.74, 6) is 0. The molecule has 0 bridgehead atoms. The van der Waals surface area contributed by atoms with Crippen LogP contribution in [0.15, 0.2) is 35.1 Å². The lowest BCUT2D eigenvalue weighted by molar-refractivity contribution is -0.139. The molecule has 21 heavy (non-hydrogen) atoms. The van der Waals surface area contributed by atoms with Crippen molar-refractivity contribution in [3.05, 3.63) is 51.8 Å². The number of nitrogens with one attached hydrogen (secondary N) is 1. The molecule has 0 saturated carbocycles. The van der Waals surface area contributed by atoms with Crippen LogP contribution in [0.3, 0.4) is 0 Å². The molecule has 0 aliphatic carbocycles. The molecule has 0 saturated heterocycles. The van der Waals surface area contributed by atoms with Crippen molar-refractivity contribution in [1.29, 1.82) is 0 Å². The highest BCUT2D eigenvalue weighted by Gasteiger charge is 2.35. The molecule has 3 nitrogen and oxygen atoms in total. The van der Waals surface area contributed by atoms with Gasteiger partial charge in [0.05, 0.1) is 11.3 Å². The van der Waals surface area contributed by atoms with Gasteiger partial charge in [-0.05, 0) is 18.2 Å². The second-order valence-electron chi connectivity index (χ2n) is 4.07. The highest BCUT2D eigenvalue weighted by atomic mass is 19.4. The third-order valence-corrected chi connectivity index (χ3v) is 2.62. The lowest BCUT2D eigenvalue weighted by atomic mass is 10.1. The molecule has 0 unspecified atom stereocenters. The summed E-state index contributed by atoms with van der Waals surface area (Å²) >= 11 is 0. The molecule has 0 amide bonds. The Morgan fingerprint density at radius 1 is 0.905 bits per heavy atom. The molecule has 112 valence electrons. The summed E-state index contributed by atoms with van der Waals surface area (Å²) in [6, 6.07) is 3.87. The normalized spacial score (nSPS) is 12.5. The van der Waals surface area contributed by atoms with Gasteiger partial charge in [-0.1, -0.05) is 12.1 Å². The summed E-state index contributed by atoms with van der Waals surface area (Å²) in [5, 5.41) is 5.07. The number of rotatable bonds is 1. The highest BCUT2D eigenvalue weighted by molar-refractivity contribution is 5.59. The molecule has 0 fully saturated rings. The Balaban J connectivity index is 2.46. The van der Waals surface area contributed by atoms with Crippen LogP contribution in [-0.2, 0) is 12.4 Å². The van der Waals surface area contributed by atoms with Crippen molar-refractivity contribution in [3.63, 3.8) is 0 Å². The molecule has 2 rings (SSSR count). The van der Waals surface area contributed by atoms with E-state index >= 15 is 0 Å². The largest absolute Gasteiger partial charge is 0.421 e. The van der Waals surface area contributed by atoms with Crippen molar-refractivity contribution in [3.8, 4) is 11.3 Å². The van der Waals surface area contributed by atoms with Gasteiger partial charge in [-0.25, -0.2) is 5.10 Å². The van der Waals surface area contributed by atoms with Gasteiger partial charge in [0, 0.05) is 5.56 Å². The van der Waals surface area contributed by atoms with Crippen molar-refractivity contribution in [1.82, 2.24) is 10.2 Å². The average Bonchev–Trinajstić information content (AvgIpc) is 2.37. The van der Waals surface area contributed by atoms with E-state index in [-0.39, 0.29) is 11.3 Å². The monoisotopic (exact) mass is 308 g/mol. The molecule has 0 spiro atoms. The maximum Gasteiger partial charge on any atom is 0.421 e. The summed E-state index contributed by atoms with van der Waals surface area (Å²) in [4.78, 5) is 11.0. The first-order chi connectivity index (χ1) is 9.59. The van der Waals surface area contributed by atoms with E-state index in [1.807, 2.05) is 0 Å². The molecule has 9 heteroatoms. The summed E-state index contributed by atoms with van der Waals surface area (Å²) < 4.78 is 74.9. The van der Waals surface area contributed by atoms with Crippen molar-refractivity contribution >= 4 is 0 Å². The summed E-state index contributed by atoms with van der Waals surface area (Å²) in [7, 11) is 0. The number of nitrogens with zero attached hydrogens (tertiary/aromatic N) is 1. The van der Waals surface area contributed by atoms with Gasteiger partial charge in [-0.15, -0.1) is 0 Å². The van der Waals surface area contributed by atoms with Crippen LogP contribution in [0.25, 0.3) is 11.3 Å². The van der Waals surface area contributed by atoms with E-state index in [9.17, 15) is 31.1 Å². The lowest BCUT2D eigenvalue weighted by Crippen LogP contribution is -2.22. The number of aromatic amines is 1. The van der Waals surface area contributed by atoms with Gasteiger partial charge < -0.3 is 0 Å². The zero-order valence-corrected chi connectivity index (χ0v) is 10.0. The quantitative estimate of drug-likeness (QED) is 0.820. The fourth-order valence-electron chi connectivity index (χ4n) is 1.59. The minimum absolute atomic E-state index is 0.0183. The van der Waals surface area contributed by atoms with Gasteiger partial charge in [0.2, 0.25) is 0 Å². The Hall–Kier alpha value is -2.32. The standard InChI is InChI=1S/C12H6F6N2O/c13-11(14,15)7-3-1-6(2-4-7)9-5-8(12(16,17)18)10(21)20-19-9/h1-5H,(H,20,21). The number of benzene rings is 1. The number of hydrogen-bond donors (Lipinski definition) is 1. The Labute approximate surface area is 113 Å². The summed E-state index contributed by atoms with van der Waals surface area (Å²) in [6.07, 6.45) is -9.43. The molecule has 1 heterocycles. The zero-order chi connectivity index (χ0) is 15.8. The molecular formula is C12H6F6N2O. The van der Waals surface area contributed by atoms with Crippen molar-refractivity contribution in [2.75, 3.05) is 0 Å². The molecule has 1 aromatic heterocycles. The molecule has 1 N–H and O–H groups in total. The maximum atomic E-state index is 12.6. The van der Waals surface area contributed by atoms with Gasteiger partial charge in [0.15, 0.2) is 0 Å². The lowest BCUT2D eigenvalue weighted by Gasteiger charge is -2.09. The molecular weight excluding hydrogens is 302 g/mol. The highest BCUT2D eigenvalue weighted by Crippen LogP contribution is 2.31. The van der Waals surface area contributed by atoms with Crippen LogP contribution in [-0.4, -0.2) is 10.2 Å². The van der Waals surface area contributed by atoms with Gasteiger partial charge in [0.25, 0.3) is 5.56 Å². The predicted molar refractivity (Wildman–Crippen MR) is 60.3 cm³/mol. The molecule has 1 aromatic carbocycles. The van der Waals surface area contributed by atoms with E-state index in [4.69, 9.17) is 0 Å². The van der Waals surface area contributed by atoms with Crippen LogP contribution in [0.1, 0.15) is 11.1 Å². The first kappa shape index (κ1) is 15.1. The number of aromatic nitrogens is 2. The first-order valence-electron chi connectivity index (χ1n) is 5.43. The predicted octanol–water partition coefficient (Wildman–Crippen LogP) is 3.47. The molecule has 0 aliphatic heterocycles. The summed E-state index contributed by atoms with van der Waals surface area (Å²) in [6.45, 7) is 0. The van der Waals surface area contributed by atoms with E-state index in [1.165, 1.54) is 0 Å². The molecule has 0 radical (unpaired) electrons. The zero-order valence-electron chi connectivity index (χ0n) is 10.0. The number of halogens is 6. The Morgan fingerprint density at radius 3 is 1.95 bits per heavy atom. The minimum atomic E-state index is -4.88. The van der Waals surface area contributed by atoms with Gasteiger partial charge in [-0.3, -0.25) is 4.79 Å². The number of H-pyrrole nitrogens is 1. The third kappa shape index (κ3) is 3.23. The minimum Gasteiger partial charge on any atom is -0.267 e.